The lowest BCUT2D eigenvalue weighted by molar-refractivity contribution is 0.645. The molecule has 1 aromatic carbocycles. The van der Waals surface area contributed by atoms with Crippen LogP contribution in [0.2, 0.25) is 0 Å². The van der Waals surface area contributed by atoms with E-state index < -0.39 is 0 Å². The first-order valence-electron chi connectivity index (χ1n) is 6.51. The smallest absolute Gasteiger partial charge is 0.134 e. The Kier molecular flexibility index (Phi) is 3.59. The van der Waals surface area contributed by atoms with Crippen LogP contribution >= 0.6 is 11.6 Å². The number of nitriles is 1. The van der Waals surface area contributed by atoms with Crippen LogP contribution in [0.4, 0.5) is 0 Å². The summed E-state index contributed by atoms with van der Waals surface area (Å²) in [5.74, 6) is 1.96. The van der Waals surface area contributed by atoms with Crippen molar-refractivity contribution in [2.45, 2.75) is 18.8 Å². The summed E-state index contributed by atoms with van der Waals surface area (Å²) in [5.41, 5.74) is 2.19. The molecule has 0 radical (unpaired) electrons. The van der Waals surface area contributed by atoms with Gasteiger partial charge in [-0.2, -0.15) is 5.26 Å². The molecule has 21 heavy (non-hydrogen) atoms. The maximum absolute atomic E-state index is 9.17. The van der Waals surface area contributed by atoms with Crippen LogP contribution in [0.3, 0.4) is 0 Å². The first-order chi connectivity index (χ1) is 10.2. The van der Waals surface area contributed by atoms with E-state index in [2.05, 4.69) is 21.3 Å². The van der Waals surface area contributed by atoms with Crippen LogP contribution in [0.5, 0.6) is 0 Å². The van der Waals surface area contributed by atoms with E-state index in [0.29, 0.717) is 23.5 Å². The molecule has 0 aliphatic rings. The Morgan fingerprint density at radius 2 is 2.19 bits per heavy atom. The topological polar surface area (TPSA) is 72.3 Å². The van der Waals surface area contributed by atoms with Gasteiger partial charge in [0.2, 0.25) is 0 Å². The Balaban J connectivity index is 2.01. The molecule has 0 aliphatic carbocycles. The number of benzene rings is 1. The number of imidazole rings is 1. The predicted octanol–water partition coefficient (Wildman–Crippen LogP) is 2.02. The summed E-state index contributed by atoms with van der Waals surface area (Å²) in [6.07, 6.45) is 2.40. The molecule has 0 saturated heterocycles. The van der Waals surface area contributed by atoms with Gasteiger partial charge in [-0.1, -0.05) is 6.07 Å². The van der Waals surface area contributed by atoms with Crippen molar-refractivity contribution >= 4 is 22.6 Å². The van der Waals surface area contributed by atoms with Gasteiger partial charge in [0.15, 0.2) is 0 Å². The molecule has 6 nitrogen and oxygen atoms in total. The van der Waals surface area contributed by atoms with E-state index in [9.17, 15) is 5.26 Å². The van der Waals surface area contributed by atoms with E-state index in [1.807, 2.05) is 28.3 Å². The van der Waals surface area contributed by atoms with E-state index >= 15 is 0 Å². The zero-order valence-corrected chi connectivity index (χ0v) is 12.2. The fraction of sp³-hybridized carbons (Fsp3) is 0.286. The van der Waals surface area contributed by atoms with Crippen LogP contribution in [0.1, 0.15) is 17.2 Å². The molecule has 0 saturated carbocycles. The second kappa shape index (κ2) is 5.54. The molecule has 2 heterocycles. The average molecular weight is 301 g/mol. The lowest BCUT2D eigenvalue weighted by atomic mass is 10.2. The van der Waals surface area contributed by atoms with Crippen LogP contribution < -0.4 is 0 Å². The lowest BCUT2D eigenvalue weighted by Gasteiger charge is -2.07. The van der Waals surface area contributed by atoms with Crippen LogP contribution in [0, 0.1) is 11.3 Å². The Bertz CT molecular complexity index is 826. The third-order valence-electron chi connectivity index (χ3n) is 3.46. The minimum Gasteiger partial charge on any atom is -0.326 e. The Morgan fingerprint density at radius 1 is 1.33 bits per heavy atom. The molecule has 106 valence electrons. The van der Waals surface area contributed by atoms with E-state index in [1.165, 1.54) is 0 Å². The molecule has 0 unspecified atom stereocenters. The van der Waals surface area contributed by atoms with E-state index in [1.54, 1.807) is 12.4 Å². The highest BCUT2D eigenvalue weighted by atomic mass is 35.5. The van der Waals surface area contributed by atoms with Crippen molar-refractivity contribution in [1.82, 2.24) is 24.3 Å². The number of nitrogens with zero attached hydrogens (tertiary/aromatic N) is 6. The SMILES string of the molecule is Cn1cnnc1CCn1c(CCl)nc2c(C#N)cccc21. The maximum Gasteiger partial charge on any atom is 0.134 e. The first-order valence-corrected chi connectivity index (χ1v) is 7.05. The molecule has 0 spiro atoms. The number of rotatable bonds is 4. The van der Waals surface area contributed by atoms with Crippen molar-refractivity contribution in [2.75, 3.05) is 0 Å². The summed E-state index contributed by atoms with van der Waals surface area (Å²) in [7, 11) is 1.91. The van der Waals surface area contributed by atoms with Crippen molar-refractivity contribution in [3.8, 4) is 6.07 Å². The lowest BCUT2D eigenvalue weighted by Crippen LogP contribution is -2.08. The minimum atomic E-state index is 0.304. The van der Waals surface area contributed by atoms with Gasteiger partial charge in [-0.05, 0) is 12.1 Å². The van der Waals surface area contributed by atoms with Crippen LogP contribution in [-0.4, -0.2) is 24.3 Å². The largest absolute Gasteiger partial charge is 0.326 e. The number of aromatic nitrogens is 5. The van der Waals surface area contributed by atoms with Gasteiger partial charge in [0.05, 0.1) is 17.0 Å². The number of aryl methyl sites for hydroxylation is 3. The molecule has 0 N–H and O–H groups in total. The molecule has 0 atom stereocenters. The van der Waals surface area contributed by atoms with Gasteiger partial charge in [-0.25, -0.2) is 4.98 Å². The monoisotopic (exact) mass is 300 g/mol. The van der Waals surface area contributed by atoms with Crippen LogP contribution in [-0.2, 0) is 25.9 Å². The van der Waals surface area contributed by atoms with Crippen molar-refractivity contribution in [1.29, 1.82) is 5.26 Å². The van der Waals surface area contributed by atoms with Gasteiger partial charge in [-0.15, -0.1) is 21.8 Å². The Hall–Kier alpha value is -2.39. The zero-order chi connectivity index (χ0) is 14.8. The van der Waals surface area contributed by atoms with E-state index in [-0.39, 0.29) is 0 Å². The fourth-order valence-corrected chi connectivity index (χ4v) is 2.59. The fourth-order valence-electron chi connectivity index (χ4n) is 2.38. The Labute approximate surface area is 126 Å². The molecule has 0 aliphatic heterocycles. The van der Waals surface area contributed by atoms with Crippen molar-refractivity contribution in [2.24, 2.45) is 7.05 Å². The molecule has 2 aromatic heterocycles. The number of para-hydroxylation sites is 1. The number of fused-ring (bicyclic) bond motifs is 1. The summed E-state index contributed by atoms with van der Waals surface area (Å²) in [6.45, 7) is 0.694. The highest BCUT2D eigenvalue weighted by Crippen LogP contribution is 2.21. The standard InChI is InChI=1S/C14H13ClN6/c1-20-9-17-19-12(20)5-6-21-11-4-2-3-10(8-16)14(11)18-13(21)7-15/h2-4,9H,5-7H2,1H3. The number of hydrogen-bond acceptors (Lipinski definition) is 4. The van der Waals surface area contributed by atoms with Gasteiger partial charge in [0, 0.05) is 20.0 Å². The normalized spacial score (nSPS) is 10.9. The molecular formula is C14H13ClN6. The second-order valence-corrected chi connectivity index (χ2v) is 4.97. The summed E-state index contributed by atoms with van der Waals surface area (Å²) in [6, 6.07) is 7.75. The van der Waals surface area contributed by atoms with Gasteiger partial charge < -0.3 is 9.13 Å². The summed E-state index contributed by atoms with van der Waals surface area (Å²) >= 11 is 5.99. The third kappa shape index (κ3) is 2.36. The molecule has 3 rings (SSSR count). The van der Waals surface area contributed by atoms with E-state index in [4.69, 9.17) is 11.6 Å². The zero-order valence-electron chi connectivity index (χ0n) is 11.5. The van der Waals surface area contributed by atoms with Crippen molar-refractivity contribution < 1.29 is 0 Å². The molecular weight excluding hydrogens is 288 g/mol. The molecule has 7 heteroatoms. The van der Waals surface area contributed by atoms with Crippen LogP contribution in [0.15, 0.2) is 24.5 Å². The van der Waals surface area contributed by atoms with E-state index in [0.717, 1.165) is 23.6 Å². The van der Waals surface area contributed by atoms with Gasteiger partial charge >= 0.3 is 0 Å². The van der Waals surface area contributed by atoms with Gasteiger partial charge in [0.25, 0.3) is 0 Å². The number of halogens is 1. The van der Waals surface area contributed by atoms with Gasteiger partial charge in [-0.3, -0.25) is 0 Å². The maximum atomic E-state index is 9.17. The highest BCUT2D eigenvalue weighted by molar-refractivity contribution is 6.16. The first kappa shape index (κ1) is 13.6. The predicted molar refractivity (Wildman–Crippen MR) is 78.7 cm³/mol. The second-order valence-electron chi connectivity index (χ2n) is 4.71. The quantitative estimate of drug-likeness (QED) is 0.691. The van der Waals surface area contributed by atoms with Gasteiger partial charge in [0.1, 0.15) is 29.6 Å². The highest BCUT2D eigenvalue weighted by Gasteiger charge is 2.13. The third-order valence-corrected chi connectivity index (χ3v) is 3.70. The molecule has 0 fully saturated rings. The number of hydrogen-bond donors (Lipinski definition) is 0. The Morgan fingerprint density at radius 3 is 2.86 bits per heavy atom. The average Bonchev–Trinajstić information content (AvgIpc) is 3.07. The van der Waals surface area contributed by atoms with Crippen molar-refractivity contribution in [3.63, 3.8) is 0 Å². The molecule has 0 bridgehead atoms. The van der Waals surface area contributed by atoms with Crippen LogP contribution in [0.25, 0.3) is 11.0 Å². The summed E-state index contributed by atoms with van der Waals surface area (Å²) in [4.78, 5) is 4.49. The summed E-state index contributed by atoms with van der Waals surface area (Å²) in [5, 5.41) is 17.1. The molecule has 0 amide bonds. The van der Waals surface area contributed by atoms with Crippen molar-refractivity contribution in [3.05, 3.63) is 41.7 Å². The summed E-state index contributed by atoms with van der Waals surface area (Å²) < 4.78 is 3.93. The molecule has 3 aromatic rings. The minimum absolute atomic E-state index is 0.304. The number of alkyl halides is 1.